The lowest BCUT2D eigenvalue weighted by molar-refractivity contribution is 0.102. The van der Waals surface area contributed by atoms with Gasteiger partial charge in [0.25, 0.3) is 5.91 Å². The molecule has 7 nitrogen and oxygen atoms in total. The molecule has 0 fully saturated rings. The second-order valence-electron chi connectivity index (χ2n) is 8.02. The zero-order valence-corrected chi connectivity index (χ0v) is 19.9. The quantitative estimate of drug-likeness (QED) is 0.338. The zero-order valence-electron chi connectivity index (χ0n) is 19.1. The molecule has 1 aromatic heterocycles. The molecule has 180 valence electrons. The highest BCUT2D eigenvalue weighted by atomic mass is 32.2. The molecular formula is C26H25FN4O3S. The summed E-state index contributed by atoms with van der Waals surface area (Å²) in [5.41, 5.74) is 2.74. The SMILES string of the molecule is CCCS(=O)(=O)Nc1cccc(C(=O)Nc2c(-c3ccc(F)cc3)ncn2Cc2ccccc2)c1. The van der Waals surface area contributed by atoms with Gasteiger partial charge in [-0.05, 0) is 54.4 Å². The van der Waals surface area contributed by atoms with Crippen molar-refractivity contribution in [2.45, 2.75) is 19.9 Å². The number of nitrogens with zero attached hydrogens (tertiary/aromatic N) is 2. The fourth-order valence-electron chi connectivity index (χ4n) is 3.64. The molecule has 0 radical (unpaired) electrons. The molecular weight excluding hydrogens is 467 g/mol. The number of nitrogens with one attached hydrogen (secondary N) is 2. The van der Waals surface area contributed by atoms with E-state index in [1.807, 2.05) is 30.3 Å². The van der Waals surface area contributed by atoms with Crippen molar-refractivity contribution in [2.24, 2.45) is 0 Å². The number of aromatic nitrogens is 2. The molecule has 4 aromatic rings. The molecule has 0 saturated heterocycles. The van der Waals surface area contributed by atoms with Crippen LogP contribution in [0.25, 0.3) is 11.3 Å². The van der Waals surface area contributed by atoms with E-state index in [2.05, 4.69) is 15.0 Å². The minimum atomic E-state index is -3.49. The van der Waals surface area contributed by atoms with Crippen molar-refractivity contribution in [1.29, 1.82) is 0 Å². The van der Waals surface area contributed by atoms with E-state index >= 15 is 0 Å². The Labute approximate surface area is 203 Å². The topological polar surface area (TPSA) is 93.1 Å². The Balaban J connectivity index is 1.65. The molecule has 1 heterocycles. The van der Waals surface area contributed by atoms with Crippen LogP contribution in [-0.4, -0.2) is 29.6 Å². The molecule has 0 unspecified atom stereocenters. The third-order valence-electron chi connectivity index (χ3n) is 5.25. The molecule has 0 bridgehead atoms. The Morgan fingerprint density at radius 1 is 1.00 bits per heavy atom. The van der Waals surface area contributed by atoms with Gasteiger partial charge in [0.2, 0.25) is 10.0 Å². The van der Waals surface area contributed by atoms with Crippen LogP contribution < -0.4 is 10.0 Å². The smallest absolute Gasteiger partial charge is 0.256 e. The third-order valence-corrected chi connectivity index (χ3v) is 6.75. The summed E-state index contributed by atoms with van der Waals surface area (Å²) in [6, 6.07) is 21.9. The number of rotatable bonds is 9. The second-order valence-corrected chi connectivity index (χ2v) is 9.86. The van der Waals surface area contributed by atoms with Crippen molar-refractivity contribution in [3.8, 4) is 11.3 Å². The van der Waals surface area contributed by atoms with E-state index in [0.29, 0.717) is 35.7 Å². The van der Waals surface area contributed by atoms with E-state index in [1.165, 1.54) is 18.2 Å². The molecule has 0 atom stereocenters. The fraction of sp³-hybridized carbons (Fsp3) is 0.154. The van der Waals surface area contributed by atoms with Gasteiger partial charge in [-0.25, -0.2) is 17.8 Å². The van der Waals surface area contributed by atoms with Crippen LogP contribution in [0.15, 0.2) is 85.2 Å². The summed E-state index contributed by atoms with van der Waals surface area (Å²) in [6.45, 7) is 2.24. The maximum absolute atomic E-state index is 13.5. The van der Waals surface area contributed by atoms with E-state index in [0.717, 1.165) is 5.56 Å². The van der Waals surface area contributed by atoms with Gasteiger partial charge in [-0.15, -0.1) is 0 Å². The lowest BCUT2D eigenvalue weighted by atomic mass is 10.1. The normalized spacial score (nSPS) is 11.3. The predicted octanol–water partition coefficient (Wildman–Crippen LogP) is 5.14. The van der Waals surface area contributed by atoms with Crippen LogP contribution in [0.1, 0.15) is 29.3 Å². The van der Waals surface area contributed by atoms with Gasteiger partial charge in [0.15, 0.2) is 0 Å². The molecule has 0 saturated carbocycles. The number of carbonyl (C=O) groups is 1. The molecule has 1 amide bonds. The molecule has 3 aromatic carbocycles. The number of hydrogen-bond donors (Lipinski definition) is 2. The van der Waals surface area contributed by atoms with Crippen molar-refractivity contribution in [3.05, 3.63) is 102 Å². The molecule has 0 aliphatic heterocycles. The largest absolute Gasteiger partial charge is 0.312 e. The van der Waals surface area contributed by atoms with E-state index in [-0.39, 0.29) is 17.1 Å². The summed E-state index contributed by atoms with van der Waals surface area (Å²) < 4.78 is 42.1. The maximum Gasteiger partial charge on any atom is 0.256 e. The number of benzene rings is 3. The van der Waals surface area contributed by atoms with Crippen LogP contribution in [0, 0.1) is 5.82 Å². The number of anilines is 2. The monoisotopic (exact) mass is 492 g/mol. The Kier molecular flexibility index (Phi) is 7.26. The highest BCUT2D eigenvalue weighted by molar-refractivity contribution is 7.92. The summed E-state index contributed by atoms with van der Waals surface area (Å²) in [7, 11) is -3.49. The number of hydrogen-bond acceptors (Lipinski definition) is 4. The predicted molar refractivity (Wildman–Crippen MR) is 135 cm³/mol. The van der Waals surface area contributed by atoms with Crippen LogP contribution in [-0.2, 0) is 16.6 Å². The van der Waals surface area contributed by atoms with E-state index in [4.69, 9.17) is 0 Å². The highest BCUT2D eigenvalue weighted by Crippen LogP contribution is 2.28. The molecule has 0 aliphatic rings. The summed E-state index contributed by atoms with van der Waals surface area (Å²) >= 11 is 0. The molecule has 2 N–H and O–H groups in total. The van der Waals surface area contributed by atoms with Gasteiger partial charge in [0.05, 0.1) is 18.6 Å². The van der Waals surface area contributed by atoms with E-state index in [1.54, 1.807) is 48.1 Å². The second kappa shape index (κ2) is 10.5. The van der Waals surface area contributed by atoms with Crippen molar-refractivity contribution in [1.82, 2.24) is 9.55 Å². The van der Waals surface area contributed by atoms with E-state index < -0.39 is 15.9 Å². The van der Waals surface area contributed by atoms with Gasteiger partial charge in [0, 0.05) is 16.8 Å². The first kappa shape index (κ1) is 24.2. The Hall–Kier alpha value is -3.98. The fourth-order valence-corrected chi connectivity index (χ4v) is 4.76. The van der Waals surface area contributed by atoms with E-state index in [9.17, 15) is 17.6 Å². The minimum Gasteiger partial charge on any atom is -0.312 e. The first-order valence-electron chi connectivity index (χ1n) is 11.1. The Morgan fingerprint density at radius 3 is 2.46 bits per heavy atom. The van der Waals surface area contributed by atoms with Crippen molar-refractivity contribution in [3.63, 3.8) is 0 Å². The third kappa shape index (κ3) is 6.13. The average Bonchev–Trinajstić information content (AvgIpc) is 3.22. The van der Waals surface area contributed by atoms with Gasteiger partial charge in [-0.2, -0.15) is 0 Å². The Bertz CT molecular complexity index is 1420. The first-order chi connectivity index (χ1) is 16.8. The first-order valence-corrected chi connectivity index (χ1v) is 12.8. The summed E-state index contributed by atoms with van der Waals surface area (Å²) in [5, 5.41) is 2.91. The minimum absolute atomic E-state index is 0.0108. The summed E-state index contributed by atoms with van der Waals surface area (Å²) in [6.07, 6.45) is 2.10. The van der Waals surface area contributed by atoms with Crippen LogP contribution in [0.4, 0.5) is 15.9 Å². The average molecular weight is 493 g/mol. The molecule has 4 rings (SSSR count). The van der Waals surface area contributed by atoms with Gasteiger partial charge >= 0.3 is 0 Å². The molecule has 9 heteroatoms. The lowest BCUT2D eigenvalue weighted by Crippen LogP contribution is -2.18. The zero-order chi connectivity index (χ0) is 24.8. The summed E-state index contributed by atoms with van der Waals surface area (Å²) in [5.74, 6) is -0.365. The molecule has 0 aliphatic carbocycles. The number of sulfonamides is 1. The number of imidazole rings is 1. The lowest BCUT2D eigenvalue weighted by Gasteiger charge is -2.13. The standard InChI is InChI=1S/C26H25FN4O3S/c1-2-15-35(33,34)30-23-10-6-9-21(16-23)26(32)29-25-24(20-11-13-22(27)14-12-20)28-18-31(25)17-19-7-4-3-5-8-19/h3-14,16,18,30H,2,15,17H2,1H3,(H,29,32). The van der Waals surface area contributed by atoms with Crippen LogP contribution >= 0.6 is 0 Å². The summed E-state index contributed by atoms with van der Waals surface area (Å²) in [4.78, 5) is 17.7. The van der Waals surface area contributed by atoms with Crippen LogP contribution in [0.2, 0.25) is 0 Å². The van der Waals surface area contributed by atoms with Gasteiger partial charge in [-0.3, -0.25) is 9.52 Å². The maximum atomic E-state index is 13.5. The Morgan fingerprint density at radius 2 is 1.74 bits per heavy atom. The van der Waals surface area contributed by atoms with Crippen molar-refractivity contribution < 1.29 is 17.6 Å². The van der Waals surface area contributed by atoms with Crippen LogP contribution in [0.5, 0.6) is 0 Å². The van der Waals surface area contributed by atoms with Gasteiger partial charge in [0.1, 0.15) is 17.3 Å². The number of amides is 1. The molecule has 35 heavy (non-hydrogen) atoms. The van der Waals surface area contributed by atoms with Crippen molar-refractivity contribution >= 4 is 27.4 Å². The number of carbonyl (C=O) groups excluding carboxylic acids is 1. The van der Waals surface area contributed by atoms with Gasteiger partial charge < -0.3 is 9.88 Å². The molecule has 0 spiro atoms. The van der Waals surface area contributed by atoms with Crippen LogP contribution in [0.3, 0.4) is 0 Å². The number of halogens is 1. The van der Waals surface area contributed by atoms with Crippen molar-refractivity contribution in [2.75, 3.05) is 15.8 Å². The highest BCUT2D eigenvalue weighted by Gasteiger charge is 2.18. The van der Waals surface area contributed by atoms with Gasteiger partial charge in [-0.1, -0.05) is 43.3 Å².